The van der Waals surface area contributed by atoms with E-state index in [2.05, 4.69) is 50.2 Å². The summed E-state index contributed by atoms with van der Waals surface area (Å²) < 4.78 is 5.70. The fraction of sp³-hybridized carbons (Fsp3) is 0.647. The standard InChI is InChI=1S/C17H31N3O/c1-7-20(8-2)17(5,6)16(19-18)14-9-11-15(12-10-14)21-13(3)4/h9-13,16,19H,7-8,18H2,1-6H3. The van der Waals surface area contributed by atoms with Crippen LogP contribution < -0.4 is 16.0 Å². The van der Waals surface area contributed by atoms with Crippen LogP contribution >= 0.6 is 0 Å². The molecule has 0 aromatic heterocycles. The van der Waals surface area contributed by atoms with Gasteiger partial charge in [-0.15, -0.1) is 0 Å². The van der Waals surface area contributed by atoms with Crippen molar-refractivity contribution in [3.05, 3.63) is 29.8 Å². The van der Waals surface area contributed by atoms with E-state index in [1.807, 2.05) is 26.0 Å². The first-order valence-corrected chi connectivity index (χ1v) is 7.84. The zero-order valence-corrected chi connectivity index (χ0v) is 14.3. The highest BCUT2D eigenvalue weighted by Crippen LogP contribution is 2.31. The van der Waals surface area contributed by atoms with Crippen molar-refractivity contribution in [2.24, 2.45) is 5.84 Å². The fourth-order valence-electron chi connectivity index (χ4n) is 2.94. The predicted molar refractivity (Wildman–Crippen MR) is 89.3 cm³/mol. The molecule has 1 unspecified atom stereocenters. The molecule has 0 radical (unpaired) electrons. The molecule has 0 aliphatic heterocycles. The Bertz CT molecular complexity index is 411. The lowest BCUT2D eigenvalue weighted by atomic mass is 9.87. The van der Waals surface area contributed by atoms with Crippen molar-refractivity contribution >= 4 is 0 Å². The summed E-state index contributed by atoms with van der Waals surface area (Å²) in [6.07, 6.45) is 0.186. The number of nitrogens with two attached hydrogens (primary N) is 1. The normalized spacial score (nSPS) is 13.8. The SMILES string of the molecule is CCN(CC)C(C)(C)C(NN)c1ccc(OC(C)C)cc1. The summed E-state index contributed by atoms with van der Waals surface area (Å²) in [5.41, 5.74) is 4.09. The van der Waals surface area contributed by atoms with Gasteiger partial charge in [-0.05, 0) is 58.5 Å². The number of hydrogen-bond donors (Lipinski definition) is 2. The Morgan fingerprint density at radius 3 is 2.05 bits per heavy atom. The van der Waals surface area contributed by atoms with Crippen LogP contribution in [0.2, 0.25) is 0 Å². The second kappa shape index (κ2) is 7.78. The van der Waals surface area contributed by atoms with Gasteiger partial charge in [-0.3, -0.25) is 16.2 Å². The van der Waals surface area contributed by atoms with Gasteiger partial charge in [-0.2, -0.15) is 0 Å². The van der Waals surface area contributed by atoms with E-state index in [0.717, 1.165) is 18.8 Å². The third kappa shape index (κ3) is 4.43. The summed E-state index contributed by atoms with van der Waals surface area (Å²) in [4.78, 5) is 2.41. The van der Waals surface area contributed by atoms with Crippen LogP contribution in [0.3, 0.4) is 0 Å². The molecule has 120 valence electrons. The summed E-state index contributed by atoms with van der Waals surface area (Å²) in [5, 5.41) is 0. The zero-order chi connectivity index (χ0) is 16.0. The molecule has 0 amide bonds. The molecule has 1 aromatic rings. The molecule has 0 aliphatic rings. The first-order chi connectivity index (χ1) is 9.86. The summed E-state index contributed by atoms with van der Waals surface area (Å²) in [6.45, 7) is 14.9. The highest BCUT2D eigenvalue weighted by atomic mass is 16.5. The molecule has 1 aromatic carbocycles. The third-order valence-corrected chi connectivity index (χ3v) is 4.04. The molecule has 4 nitrogen and oxygen atoms in total. The molecule has 0 spiro atoms. The van der Waals surface area contributed by atoms with E-state index < -0.39 is 0 Å². The second-order valence-electron chi connectivity index (χ2n) is 6.16. The van der Waals surface area contributed by atoms with Gasteiger partial charge >= 0.3 is 0 Å². The molecule has 0 aliphatic carbocycles. The number of ether oxygens (including phenoxy) is 1. The molecule has 0 saturated carbocycles. The van der Waals surface area contributed by atoms with Gasteiger partial charge in [-0.25, -0.2) is 0 Å². The minimum atomic E-state index is -0.0708. The molecule has 0 saturated heterocycles. The lowest BCUT2D eigenvalue weighted by Gasteiger charge is -2.43. The zero-order valence-electron chi connectivity index (χ0n) is 14.3. The van der Waals surface area contributed by atoms with E-state index in [4.69, 9.17) is 10.6 Å². The van der Waals surface area contributed by atoms with Gasteiger partial charge in [0, 0.05) is 5.54 Å². The Hall–Kier alpha value is -1.10. The first kappa shape index (κ1) is 18.0. The molecule has 1 atom stereocenters. The van der Waals surface area contributed by atoms with E-state index in [9.17, 15) is 0 Å². The summed E-state index contributed by atoms with van der Waals surface area (Å²) in [5.74, 6) is 6.74. The van der Waals surface area contributed by atoms with Crippen LogP contribution in [0.5, 0.6) is 5.75 Å². The van der Waals surface area contributed by atoms with E-state index in [1.54, 1.807) is 0 Å². The maximum Gasteiger partial charge on any atom is 0.119 e. The third-order valence-electron chi connectivity index (χ3n) is 4.04. The van der Waals surface area contributed by atoms with E-state index in [-0.39, 0.29) is 17.7 Å². The smallest absolute Gasteiger partial charge is 0.119 e. The van der Waals surface area contributed by atoms with E-state index in [0.29, 0.717) is 0 Å². The number of nitrogens with zero attached hydrogens (tertiary/aromatic N) is 1. The maximum atomic E-state index is 5.85. The number of benzene rings is 1. The van der Waals surface area contributed by atoms with Crippen LogP contribution in [-0.2, 0) is 0 Å². The van der Waals surface area contributed by atoms with Gasteiger partial charge < -0.3 is 4.74 Å². The highest BCUT2D eigenvalue weighted by molar-refractivity contribution is 5.31. The molecule has 4 heteroatoms. The Balaban J connectivity index is 2.98. The maximum absolute atomic E-state index is 5.85. The van der Waals surface area contributed by atoms with Crippen molar-refractivity contribution < 1.29 is 4.74 Å². The molecule has 0 bridgehead atoms. The summed E-state index contributed by atoms with van der Waals surface area (Å²) in [6, 6.07) is 8.27. The predicted octanol–water partition coefficient (Wildman–Crippen LogP) is 3.10. The minimum Gasteiger partial charge on any atom is -0.491 e. The van der Waals surface area contributed by atoms with Gasteiger partial charge in [0.15, 0.2) is 0 Å². The lowest BCUT2D eigenvalue weighted by Crippen LogP contribution is -2.54. The van der Waals surface area contributed by atoms with Gasteiger partial charge in [0.25, 0.3) is 0 Å². The lowest BCUT2D eigenvalue weighted by molar-refractivity contribution is 0.0912. The van der Waals surface area contributed by atoms with Crippen LogP contribution in [0.4, 0.5) is 0 Å². The van der Waals surface area contributed by atoms with Gasteiger partial charge in [0.1, 0.15) is 5.75 Å². The Labute approximate surface area is 129 Å². The van der Waals surface area contributed by atoms with Crippen LogP contribution in [0.25, 0.3) is 0 Å². The molecule has 0 fully saturated rings. The topological polar surface area (TPSA) is 50.5 Å². The van der Waals surface area contributed by atoms with Crippen molar-refractivity contribution in [1.82, 2.24) is 10.3 Å². The Morgan fingerprint density at radius 1 is 1.14 bits per heavy atom. The van der Waals surface area contributed by atoms with Gasteiger partial charge in [0.2, 0.25) is 0 Å². The second-order valence-corrected chi connectivity index (χ2v) is 6.16. The van der Waals surface area contributed by atoms with Crippen molar-refractivity contribution in [2.75, 3.05) is 13.1 Å². The molecular formula is C17H31N3O. The molecule has 0 heterocycles. The van der Waals surface area contributed by atoms with Crippen molar-refractivity contribution in [1.29, 1.82) is 0 Å². The highest BCUT2D eigenvalue weighted by Gasteiger charge is 2.34. The van der Waals surface area contributed by atoms with Crippen LogP contribution in [0.15, 0.2) is 24.3 Å². The largest absolute Gasteiger partial charge is 0.491 e. The van der Waals surface area contributed by atoms with Crippen molar-refractivity contribution in [3.63, 3.8) is 0 Å². The Kier molecular flexibility index (Phi) is 6.65. The molecule has 21 heavy (non-hydrogen) atoms. The molecule has 1 rings (SSSR count). The number of hydrazine groups is 1. The van der Waals surface area contributed by atoms with Gasteiger partial charge in [-0.1, -0.05) is 26.0 Å². The van der Waals surface area contributed by atoms with Crippen LogP contribution in [0, 0.1) is 0 Å². The average Bonchev–Trinajstić information content (AvgIpc) is 2.41. The summed E-state index contributed by atoms with van der Waals surface area (Å²) >= 11 is 0. The number of nitrogens with one attached hydrogen (secondary N) is 1. The monoisotopic (exact) mass is 293 g/mol. The Morgan fingerprint density at radius 2 is 1.67 bits per heavy atom. The van der Waals surface area contributed by atoms with E-state index in [1.165, 1.54) is 5.56 Å². The fourth-order valence-corrected chi connectivity index (χ4v) is 2.94. The van der Waals surface area contributed by atoms with Crippen LogP contribution in [0.1, 0.15) is 53.1 Å². The number of likely N-dealkylation sites (N-methyl/N-ethyl adjacent to an activating group) is 1. The quantitative estimate of drug-likeness (QED) is 0.571. The number of rotatable bonds is 8. The van der Waals surface area contributed by atoms with Crippen LogP contribution in [-0.4, -0.2) is 29.6 Å². The number of hydrogen-bond acceptors (Lipinski definition) is 4. The molecule has 3 N–H and O–H groups in total. The molecular weight excluding hydrogens is 262 g/mol. The first-order valence-electron chi connectivity index (χ1n) is 7.84. The summed E-state index contributed by atoms with van der Waals surface area (Å²) in [7, 11) is 0. The van der Waals surface area contributed by atoms with Crippen molar-refractivity contribution in [3.8, 4) is 5.75 Å². The average molecular weight is 293 g/mol. The minimum absolute atomic E-state index is 0.0606. The van der Waals surface area contributed by atoms with E-state index >= 15 is 0 Å². The van der Waals surface area contributed by atoms with Gasteiger partial charge in [0.05, 0.1) is 12.1 Å². The van der Waals surface area contributed by atoms with Crippen molar-refractivity contribution in [2.45, 2.75) is 59.2 Å².